The van der Waals surface area contributed by atoms with Crippen LogP contribution in [0.1, 0.15) is 12.5 Å². The Labute approximate surface area is 108 Å². The summed E-state index contributed by atoms with van der Waals surface area (Å²) >= 11 is 3.30. The van der Waals surface area contributed by atoms with Crippen LogP contribution in [0.2, 0.25) is 0 Å². The van der Waals surface area contributed by atoms with Crippen LogP contribution in [0.25, 0.3) is 0 Å². The van der Waals surface area contributed by atoms with Crippen molar-refractivity contribution in [2.45, 2.75) is 13.3 Å². The Bertz CT molecular complexity index is 398. The molecule has 1 atom stereocenters. The van der Waals surface area contributed by atoms with Gasteiger partial charge in [-0.15, -0.1) is 0 Å². The van der Waals surface area contributed by atoms with E-state index in [2.05, 4.69) is 21.2 Å². The highest BCUT2D eigenvalue weighted by Gasteiger charge is 2.09. The summed E-state index contributed by atoms with van der Waals surface area (Å²) in [6, 6.07) is 3.22. The lowest BCUT2D eigenvalue weighted by Crippen LogP contribution is -2.30. The van der Waals surface area contributed by atoms with Crippen molar-refractivity contribution in [3.63, 3.8) is 0 Å². The number of carbonyl (C=O) groups excluding carboxylic acids is 1. The van der Waals surface area contributed by atoms with Crippen molar-refractivity contribution in [2.75, 3.05) is 11.9 Å². The summed E-state index contributed by atoms with van der Waals surface area (Å²) in [4.78, 5) is 11.5. The summed E-state index contributed by atoms with van der Waals surface area (Å²) in [6.07, 6.45) is -0.0683. The van der Waals surface area contributed by atoms with Gasteiger partial charge in [0, 0.05) is 17.9 Å². The van der Waals surface area contributed by atoms with Gasteiger partial charge in [-0.3, -0.25) is 4.79 Å². The van der Waals surface area contributed by atoms with Crippen molar-refractivity contribution in [3.05, 3.63) is 35.4 Å². The quantitative estimate of drug-likeness (QED) is 0.833. The zero-order chi connectivity index (χ0) is 12.8. The molecule has 17 heavy (non-hydrogen) atoms. The largest absolute Gasteiger partial charge is 0.356 e. The Balaban J connectivity index is 2.50. The molecule has 0 aliphatic rings. The van der Waals surface area contributed by atoms with Crippen molar-refractivity contribution >= 4 is 21.8 Å². The van der Waals surface area contributed by atoms with Gasteiger partial charge in [0.2, 0.25) is 5.91 Å². The lowest BCUT2D eigenvalue weighted by atomic mass is 10.1. The van der Waals surface area contributed by atoms with E-state index < -0.39 is 11.6 Å². The number of nitrogens with one attached hydrogen (secondary N) is 1. The number of benzene rings is 1. The van der Waals surface area contributed by atoms with Crippen LogP contribution in [0.5, 0.6) is 0 Å². The topological polar surface area (TPSA) is 29.1 Å². The molecule has 0 aliphatic heterocycles. The van der Waals surface area contributed by atoms with Crippen molar-refractivity contribution < 1.29 is 13.6 Å². The Kier molecular flexibility index (Phi) is 5.55. The second kappa shape index (κ2) is 6.69. The van der Waals surface area contributed by atoms with Crippen LogP contribution in [0, 0.1) is 17.6 Å². The zero-order valence-corrected chi connectivity index (χ0v) is 11.1. The van der Waals surface area contributed by atoms with E-state index >= 15 is 0 Å². The summed E-state index contributed by atoms with van der Waals surface area (Å²) < 4.78 is 25.9. The van der Waals surface area contributed by atoms with E-state index in [0.717, 1.165) is 17.5 Å². The van der Waals surface area contributed by atoms with E-state index in [1.165, 1.54) is 6.07 Å². The van der Waals surface area contributed by atoms with Gasteiger partial charge in [-0.2, -0.15) is 0 Å². The van der Waals surface area contributed by atoms with E-state index in [1.54, 1.807) is 0 Å². The third-order valence-electron chi connectivity index (χ3n) is 2.28. The van der Waals surface area contributed by atoms with E-state index in [4.69, 9.17) is 0 Å². The first kappa shape index (κ1) is 14.1. The van der Waals surface area contributed by atoms with Gasteiger partial charge in [0.25, 0.3) is 0 Å². The van der Waals surface area contributed by atoms with E-state index in [9.17, 15) is 13.6 Å². The molecule has 1 unspecified atom stereocenters. The van der Waals surface area contributed by atoms with E-state index in [-0.39, 0.29) is 17.9 Å². The van der Waals surface area contributed by atoms with Gasteiger partial charge >= 0.3 is 0 Å². The molecule has 1 N–H and O–H groups in total. The van der Waals surface area contributed by atoms with Crippen LogP contribution in [0.3, 0.4) is 0 Å². The molecule has 0 aliphatic carbocycles. The molecule has 0 bridgehead atoms. The standard InChI is InChI=1S/C12H14BrF2NO/c1-8(6-13)7-16-12(17)4-9-2-3-10(14)5-11(9)15/h2-3,5,8H,4,6-7H2,1H3,(H,16,17). The number of halogens is 3. The van der Waals surface area contributed by atoms with Crippen LogP contribution in [0.15, 0.2) is 18.2 Å². The maximum absolute atomic E-state index is 13.2. The molecular formula is C12H14BrF2NO. The maximum Gasteiger partial charge on any atom is 0.224 e. The van der Waals surface area contributed by atoms with Gasteiger partial charge in [-0.1, -0.05) is 28.9 Å². The summed E-state index contributed by atoms with van der Waals surface area (Å²) in [6.45, 7) is 2.51. The lowest BCUT2D eigenvalue weighted by Gasteiger charge is -2.09. The first-order valence-corrected chi connectivity index (χ1v) is 6.41. The van der Waals surface area contributed by atoms with Crippen LogP contribution >= 0.6 is 15.9 Å². The first-order chi connectivity index (χ1) is 8.02. The van der Waals surface area contributed by atoms with Crippen LogP contribution in [-0.4, -0.2) is 17.8 Å². The Morgan fingerprint density at radius 3 is 2.76 bits per heavy atom. The highest BCUT2D eigenvalue weighted by Crippen LogP contribution is 2.10. The number of alkyl halides is 1. The molecule has 1 rings (SSSR count). The lowest BCUT2D eigenvalue weighted by molar-refractivity contribution is -0.120. The molecule has 2 nitrogen and oxygen atoms in total. The summed E-state index contributed by atoms with van der Waals surface area (Å²) in [5.74, 6) is -1.27. The number of hydrogen-bond acceptors (Lipinski definition) is 1. The molecule has 0 heterocycles. The fraction of sp³-hybridized carbons (Fsp3) is 0.417. The van der Waals surface area contributed by atoms with E-state index in [1.807, 2.05) is 6.92 Å². The van der Waals surface area contributed by atoms with Gasteiger partial charge in [-0.25, -0.2) is 8.78 Å². The molecular weight excluding hydrogens is 292 g/mol. The SMILES string of the molecule is CC(CBr)CNC(=O)Cc1ccc(F)cc1F. The zero-order valence-electron chi connectivity index (χ0n) is 9.47. The summed E-state index contributed by atoms with van der Waals surface area (Å²) in [7, 11) is 0. The Morgan fingerprint density at radius 2 is 2.18 bits per heavy atom. The molecule has 1 aromatic carbocycles. The fourth-order valence-corrected chi connectivity index (χ4v) is 1.47. The smallest absolute Gasteiger partial charge is 0.224 e. The van der Waals surface area contributed by atoms with Crippen molar-refractivity contribution in [1.82, 2.24) is 5.32 Å². The normalized spacial score (nSPS) is 12.2. The number of hydrogen-bond donors (Lipinski definition) is 1. The molecule has 1 aromatic rings. The fourth-order valence-electron chi connectivity index (χ4n) is 1.24. The van der Waals surface area contributed by atoms with Gasteiger partial charge in [0.05, 0.1) is 6.42 Å². The Morgan fingerprint density at radius 1 is 1.47 bits per heavy atom. The predicted molar refractivity (Wildman–Crippen MR) is 66.0 cm³/mol. The van der Waals surface area contributed by atoms with Gasteiger partial charge < -0.3 is 5.32 Å². The summed E-state index contributed by atoms with van der Waals surface area (Å²) in [5, 5.41) is 3.48. The molecule has 1 amide bonds. The minimum Gasteiger partial charge on any atom is -0.356 e. The van der Waals surface area contributed by atoms with Crippen LogP contribution < -0.4 is 5.32 Å². The van der Waals surface area contributed by atoms with Crippen molar-refractivity contribution in [3.8, 4) is 0 Å². The molecule has 0 aromatic heterocycles. The van der Waals surface area contributed by atoms with Crippen LogP contribution in [-0.2, 0) is 11.2 Å². The average Bonchev–Trinajstić information content (AvgIpc) is 2.29. The molecule has 0 saturated carbocycles. The molecule has 5 heteroatoms. The molecule has 0 saturated heterocycles. The van der Waals surface area contributed by atoms with Crippen molar-refractivity contribution in [2.24, 2.45) is 5.92 Å². The van der Waals surface area contributed by atoms with Gasteiger partial charge in [0.1, 0.15) is 11.6 Å². The second-order valence-corrected chi connectivity index (χ2v) is 4.62. The Hall–Kier alpha value is -0.970. The highest BCUT2D eigenvalue weighted by atomic mass is 79.9. The number of carbonyl (C=O) groups is 1. The minimum absolute atomic E-state index is 0.0683. The monoisotopic (exact) mass is 305 g/mol. The molecule has 94 valence electrons. The third kappa shape index (κ3) is 4.81. The maximum atomic E-state index is 13.2. The molecule has 0 fully saturated rings. The minimum atomic E-state index is -0.686. The summed E-state index contributed by atoms with van der Waals surface area (Å²) in [5.41, 5.74) is 0.204. The predicted octanol–water partition coefficient (Wildman–Crippen LogP) is 2.65. The second-order valence-electron chi connectivity index (χ2n) is 3.98. The third-order valence-corrected chi connectivity index (χ3v) is 3.38. The van der Waals surface area contributed by atoms with Crippen molar-refractivity contribution in [1.29, 1.82) is 0 Å². The highest BCUT2D eigenvalue weighted by molar-refractivity contribution is 9.09. The van der Waals surface area contributed by atoms with Crippen LogP contribution in [0.4, 0.5) is 8.78 Å². The molecule has 0 radical (unpaired) electrons. The average molecular weight is 306 g/mol. The number of rotatable bonds is 5. The number of amides is 1. The molecule has 0 spiro atoms. The van der Waals surface area contributed by atoms with E-state index in [0.29, 0.717) is 12.5 Å². The first-order valence-electron chi connectivity index (χ1n) is 5.29. The van der Waals surface area contributed by atoms with Gasteiger partial charge in [0.15, 0.2) is 0 Å². The van der Waals surface area contributed by atoms with Gasteiger partial charge in [-0.05, 0) is 17.5 Å².